The average Bonchev–Trinajstić information content (AvgIpc) is 2.99. The highest BCUT2D eigenvalue weighted by Crippen LogP contribution is 2.21. The molecule has 1 amide bonds. The first-order valence-corrected chi connectivity index (χ1v) is 7.90. The Bertz CT molecular complexity index is 716. The van der Waals surface area contributed by atoms with Gasteiger partial charge in [0.2, 0.25) is 5.91 Å². The van der Waals surface area contributed by atoms with E-state index >= 15 is 0 Å². The molecule has 0 bridgehead atoms. The van der Waals surface area contributed by atoms with E-state index in [1.807, 2.05) is 29.2 Å². The molecule has 0 saturated carbocycles. The fourth-order valence-electron chi connectivity index (χ4n) is 3.03. The summed E-state index contributed by atoms with van der Waals surface area (Å²) in [5.41, 5.74) is 1.42. The molecule has 1 saturated heterocycles. The lowest BCUT2D eigenvalue weighted by molar-refractivity contribution is -0.132. The van der Waals surface area contributed by atoms with Gasteiger partial charge in [0.25, 0.3) is 0 Å². The van der Waals surface area contributed by atoms with E-state index < -0.39 is 0 Å². The maximum atomic E-state index is 12.6. The summed E-state index contributed by atoms with van der Waals surface area (Å²) in [6, 6.07) is 7.61. The maximum Gasteiger partial charge on any atom is 0.228 e. The van der Waals surface area contributed by atoms with Crippen LogP contribution in [0.25, 0.3) is 11.0 Å². The number of fused-ring (bicyclic) bond motifs is 1. The van der Waals surface area contributed by atoms with Crippen LogP contribution in [-0.4, -0.2) is 42.3 Å². The highest BCUT2D eigenvalue weighted by atomic mass is 16.5. The molecular weight excluding hydrogens is 292 g/mol. The number of benzene rings is 1. The lowest BCUT2D eigenvalue weighted by Gasteiger charge is -2.32. The van der Waals surface area contributed by atoms with E-state index in [0.717, 1.165) is 36.9 Å². The van der Waals surface area contributed by atoms with Gasteiger partial charge in [-0.3, -0.25) is 4.79 Å². The zero-order valence-electron chi connectivity index (χ0n) is 13.0. The predicted molar refractivity (Wildman–Crippen MR) is 86.7 cm³/mol. The van der Waals surface area contributed by atoms with Crippen molar-refractivity contribution in [2.45, 2.75) is 19.3 Å². The molecule has 1 aromatic carbocycles. The molecule has 120 valence electrons. The molecule has 2 aromatic rings. The quantitative estimate of drug-likeness (QED) is 0.628. The molecule has 0 N–H and O–H groups in total. The number of piperidine rings is 1. The van der Waals surface area contributed by atoms with Gasteiger partial charge in [-0.25, -0.2) is 0 Å². The van der Waals surface area contributed by atoms with Gasteiger partial charge in [-0.1, -0.05) is 23.2 Å². The number of amides is 1. The van der Waals surface area contributed by atoms with Crippen LogP contribution < -0.4 is 0 Å². The number of aromatic nitrogens is 1. The highest BCUT2D eigenvalue weighted by molar-refractivity contribution is 5.86. The molecule has 1 aliphatic rings. The minimum absolute atomic E-state index is 0.0886. The Hall–Kier alpha value is -2.32. The van der Waals surface area contributed by atoms with E-state index in [4.69, 9.17) is 15.7 Å². The minimum Gasteiger partial charge on any atom is -0.368 e. The molecule has 5 nitrogen and oxygen atoms in total. The summed E-state index contributed by atoms with van der Waals surface area (Å²) in [4.78, 5) is 14.5. The largest absolute Gasteiger partial charge is 0.368 e. The van der Waals surface area contributed by atoms with Gasteiger partial charge < -0.3 is 14.2 Å². The van der Waals surface area contributed by atoms with Crippen LogP contribution in [0.3, 0.4) is 0 Å². The lowest BCUT2D eigenvalue weighted by Crippen LogP contribution is -2.42. The molecule has 0 aliphatic carbocycles. The van der Waals surface area contributed by atoms with Crippen molar-refractivity contribution in [3.8, 4) is 12.3 Å². The molecule has 2 heterocycles. The number of likely N-dealkylation sites (tertiary alicyclic amines) is 1. The van der Waals surface area contributed by atoms with Crippen molar-refractivity contribution in [1.29, 1.82) is 0 Å². The summed E-state index contributed by atoms with van der Waals surface area (Å²) in [5, 5.41) is 4.95. The molecule has 23 heavy (non-hydrogen) atoms. The van der Waals surface area contributed by atoms with Crippen molar-refractivity contribution in [3.63, 3.8) is 0 Å². The Morgan fingerprint density at radius 2 is 2.35 bits per heavy atom. The summed E-state index contributed by atoms with van der Waals surface area (Å²) in [5.74, 6) is 2.91. The van der Waals surface area contributed by atoms with Crippen LogP contribution in [-0.2, 0) is 16.0 Å². The Balaban J connectivity index is 1.60. The second kappa shape index (κ2) is 7.30. The highest BCUT2D eigenvalue weighted by Gasteiger charge is 2.25. The van der Waals surface area contributed by atoms with E-state index in [0.29, 0.717) is 24.8 Å². The molecule has 5 heteroatoms. The number of para-hydroxylation sites is 1. The molecular formula is C18H20N2O3. The molecule has 1 aromatic heterocycles. The molecule has 1 unspecified atom stereocenters. The Kier molecular flexibility index (Phi) is 4.94. The maximum absolute atomic E-state index is 12.6. The third kappa shape index (κ3) is 3.72. The van der Waals surface area contributed by atoms with Crippen LogP contribution >= 0.6 is 0 Å². The van der Waals surface area contributed by atoms with E-state index in [2.05, 4.69) is 11.1 Å². The average molecular weight is 312 g/mol. The van der Waals surface area contributed by atoms with Gasteiger partial charge in [0.1, 0.15) is 12.3 Å². The Labute approximate surface area is 135 Å². The standard InChI is InChI=1S/C18H20N2O3/c1-2-10-22-13-14-6-5-9-20(12-14)18(21)11-16-15-7-3-4-8-17(15)23-19-16/h1,3-4,7-8,14H,5-6,9-13H2. The number of nitrogens with zero attached hydrogens (tertiary/aromatic N) is 2. The number of carbonyl (C=O) groups excluding carboxylic acids is 1. The second-order valence-corrected chi connectivity index (χ2v) is 5.87. The first-order chi connectivity index (χ1) is 11.3. The Morgan fingerprint density at radius 3 is 3.22 bits per heavy atom. The monoisotopic (exact) mass is 312 g/mol. The summed E-state index contributed by atoms with van der Waals surface area (Å²) in [7, 11) is 0. The fourth-order valence-corrected chi connectivity index (χ4v) is 3.03. The zero-order chi connectivity index (χ0) is 16.1. The third-order valence-electron chi connectivity index (χ3n) is 4.18. The first kappa shape index (κ1) is 15.6. The minimum atomic E-state index is 0.0886. The number of hydrogen-bond donors (Lipinski definition) is 0. The predicted octanol–water partition coefficient (Wildman–Crippen LogP) is 2.26. The summed E-state index contributed by atoms with van der Waals surface area (Å²) in [6.45, 7) is 2.45. The van der Waals surface area contributed by atoms with Crippen molar-refractivity contribution >= 4 is 16.9 Å². The van der Waals surface area contributed by atoms with Gasteiger partial charge in [0, 0.05) is 18.5 Å². The second-order valence-electron chi connectivity index (χ2n) is 5.87. The van der Waals surface area contributed by atoms with Gasteiger partial charge in [-0.05, 0) is 30.9 Å². The molecule has 0 radical (unpaired) electrons. The van der Waals surface area contributed by atoms with E-state index in [1.54, 1.807) is 0 Å². The van der Waals surface area contributed by atoms with Crippen molar-refractivity contribution in [1.82, 2.24) is 10.1 Å². The van der Waals surface area contributed by atoms with Gasteiger partial charge in [0.05, 0.1) is 13.0 Å². The third-order valence-corrected chi connectivity index (χ3v) is 4.18. The molecule has 1 aliphatic heterocycles. The molecule has 3 rings (SSSR count). The number of hydrogen-bond acceptors (Lipinski definition) is 4. The van der Waals surface area contributed by atoms with Crippen molar-refractivity contribution < 1.29 is 14.1 Å². The molecule has 0 spiro atoms. The van der Waals surface area contributed by atoms with Crippen molar-refractivity contribution in [2.75, 3.05) is 26.3 Å². The zero-order valence-corrected chi connectivity index (χ0v) is 13.0. The van der Waals surface area contributed by atoms with Crippen molar-refractivity contribution in [2.24, 2.45) is 5.92 Å². The summed E-state index contributed by atoms with van der Waals surface area (Å²) in [6.07, 6.45) is 7.52. The smallest absolute Gasteiger partial charge is 0.228 e. The molecule has 1 atom stereocenters. The van der Waals surface area contributed by atoms with Crippen LogP contribution in [0.4, 0.5) is 0 Å². The van der Waals surface area contributed by atoms with Crippen LogP contribution in [0.1, 0.15) is 18.5 Å². The SMILES string of the molecule is C#CCOCC1CCCN(C(=O)Cc2noc3ccccc23)C1. The van der Waals surface area contributed by atoms with Gasteiger partial charge in [-0.2, -0.15) is 0 Å². The lowest BCUT2D eigenvalue weighted by atomic mass is 9.98. The van der Waals surface area contributed by atoms with Gasteiger partial charge >= 0.3 is 0 Å². The van der Waals surface area contributed by atoms with Gasteiger partial charge in [-0.15, -0.1) is 6.42 Å². The van der Waals surface area contributed by atoms with Crippen LogP contribution in [0.2, 0.25) is 0 Å². The topological polar surface area (TPSA) is 55.6 Å². The van der Waals surface area contributed by atoms with Crippen LogP contribution in [0.15, 0.2) is 28.8 Å². The fraction of sp³-hybridized carbons (Fsp3) is 0.444. The first-order valence-electron chi connectivity index (χ1n) is 7.90. The number of rotatable bonds is 5. The van der Waals surface area contributed by atoms with E-state index in [9.17, 15) is 4.79 Å². The van der Waals surface area contributed by atoms with E-state index in [-0.39, 0.29) is 12.3 Å². The molecule has 1 fully saturated rings. The summed E-state index contributed by atoms with van der Waals surface area (Å²) >= 11 is 0. The normalized spacial score (nSPS) is 18.0. The number of terminal acetylenes is 1. The Morgan fingerprint density at radius 1 is 1.48 bits per heavy atom. The van der Waals surface area contributed by atoms with Crippen LogP contribution in [0, 0.1) is 18.3 Å². The number of carbonyl (C=O) groups is 1. The number of ether oxygens (including phenoxy) is 1. The van der Waals surface area contributed by atoms with E-state index in [1.165, 1.54) is 0 Å². The van der Waals surface area contributed by atoms with Gasteiger partial charge in [0.15, 0.2) is 5.58 Å². The summed E-state index contributed by atoms with van der Waals surface area (Å²) < 4.78 is 10.7. The van der Waals surface area contributed by atoms with Crippen molar-refractivity contribution in [3.05, 3.63) is 30.0 Å². The van der Waals surface area contributed by atoms with Crippen LogP contribution in [0.5, 0.6) is 0 Å².